The number of nitrogens with two attached hydrogens (primary N) is 1. The van der Waals surface area contributed by atoms with Crippen molar-refractivity contribution in [3.05, 3.63) is 0 Å². The summed E-state index contributed by atoms with van der Waals surface area (Å²) in [6.45, 7) is 8.88. The van der Waals surface area contributed by atoms with Gasteiger partial charge in [0.05, 0.1) is 0 Å². The second-order valence-electron chi connectivity index (χ2n) is 4.75. The highest BCUT2D eigenvalue weighted by atomic mass is 15.2. The highest BCUT2D eigenvalue weighted by Crippen LogP contribution is 2.24. The Morgan fingerprint density at radius 2 is 2.00 bits per heavy atom. The lowest BCUT2D eigenvalue weighted by atomic mass is 9.95. The predicted molar refractivity (Wildman–Crippen MR) is 53.2 cm³/mol. The van der Waals surface area contributed by atoms with E-state index in [4.69, 9.17) is 5.73 Å². The highest BCUT2D eigenvalue weighted by molar-refractivity contribution is 4.86. The molecule has 1 heterocycles. The Morgan fingerprint density at radius 3 is 2.42 bits per heavy atom. The second kappa shape index (κ2) is 3.75. The summed E-state index contributed by atoms with van der Waals surface area (Å²) in [5, 5.41) is 0. The molecule has 1 rings (SSSR count). The maximum absolute atomic E-state index is 5.75. The molecule has 0 aliphatic carbocycles. The third-order valence-electron chi connectivity index (χ3n) is 2.76. The van der Waals surface area contributed by atoms with Crippen molar-refractivity contribution in [3.63, 3.8) is 0 Å². The van der Waals surface area contributed by atoms with Gasteiger partial charge in [-0.25, -0.2) is 0 Å². The number of nitrogens with zero attached hydrogens (tertiary/aromatic N) is 1. The minimum Gasteiger partial charge on any atom is -0.329 e. The standard InChI is InChI=1S/C10H22N2/c1-10(2,3)12-7-5-4-6-9(12)8-11/h9H,4-8,11H2,1-3H3. The summed E-state index contributed by atoms with van der Waals surface area (Å²) in [4.78, 5) is 2.55. The Labute approximate surface area is 76.1 Å². The van der Waals surface area contributed by atoms with Crippen molar-refractivity contribution in [2.75, 3.05) is 13.1 Å². The van der Waals surface area contributed by atoms with E-state index in [1.807, 2.05) is 0 Å². The molecule has 1 unspecified atom stereocenters. The molecule has 0 aromatic heterocycles. The van der Waals surface area contributed by atoms with Crippen molar-refractivity contribution in [3.8, 4) is 0 Å². The lowest BCUT2D eigenvalue weighted by Gasteiger charge is -2.44. The molecule has 1 aliphatic heterocycles. The number of rotatable bonds is 1. The van der Waals surface area contributed by atoms with Gasteiger partial charge in [-0.05, 0) is 40.2 Å². The first kappa shape index (κ1) is 10.0. The zero-order valence-electron chi connectivity index (χ0n) is 8.64. The zero-order valence-corrected chi connectivity index (χ0v) is 8.64. The molecule has 0 bridgehead atoms. The first-order chi connectivity index (χ1) is 5.55. The summed E-state index contributed by atoms with van der Waals surface area (Å²) < 4.78 is 0. The maximum atomic E-state index is 5.75. The number of likely N-dealkylation sites (tertiary alicyclic amines) is 1. The van der Waals surface area contributed by atoms with E-state index < -0.39 is 0 Å². The fourth-order valence-electron chi connectivity index (χ4n) is 2.13. The van der Waals surface area contributed by atoms with Gasteiger partial charge in [-0.15, -0.1) is 0 Å². The molecule has 1 saturated heterocycles. The summed E-state index contributed by atoms with van der Waals surface area (Å²) in [7, 11) is 0. The summed E-state index contributed by atoms with van der Waals surface area (Å²) in [6.07, 6.45) is 3.98. The maximum Gasteiger partial charge on any atom is 0.0223 e. The molecule has 2 heteroatoms. The third kappa shape index (κ3) is 2.20. The van der Waals surface area contributed by atoms with Crippen LogP contribution in [-0.4, -0.2) is 29.6 Å². The Hall–Kier alpha value is -0.0800. The largest absolute Gasteiger partial charge is 0.329 e. The molecule has 0 spiro atoms. The first-order valence-corrected chi connectivity index (χ1v) is 5.02. The van der Waals surface area contributed by atoms with Crippen molar-refractivity contribution in [1.82, 2.24) is 4.90 Å². The van der Waals surface area contributed by atoms with E-state index in [1.54, 1.807) is 0 Å². The number of hydrogen-bond acceptors (Lipinski definition) is 2. The van der Waals surface area contributed by atoms with Crippen LogP contribution < -0.4 is 5.73 Å². The number of piperidine rings is 1. The van der Waals surface area contributed by atoms with E-state index in [0.29, 0.717) is 11.6 Å². The molecular weight excluding hydrogens is 148 g/mol. The second-order valence-corrected chi connectivity index (χ2v) is 4.75. The molecule has 1 fully saturated rings. The summed E-state index contributed by atoms with van der Waals surface area (Å²) in [6, 6.07) is 0.624. The van der Waals surface area contributed by atoms with E-state index in [2.05, 4.69) is 25.7 Å². The Balaban J connectivity index is 2.59. The van der Waals surface area contributed by atoms with Crippen LogP contribution in [0.15, 0.2) is 0 Å². The molecule has 2 nitrogen and oxygen atoms in total. The van der Waals surface area contributed by atoms with Gasteiger partial charge in [0.2, 0.25) is 0 Å². The van der Waals surface area contributed by atoms with Crippen LogP contribution in [0.4, 0.5) is 0 Å². The van der Waals surface area contributed by atoms with Crippen LogP contribution in [-0.2, 0) is 0 Å². The van der Waals surface area contributed by atoms with Gasteiger partial charge < -0.3 is 5.73 Å². The summed E-state index contributed by atoms with van der Waals surface area (Å²) in [5.41, 5.74) is 6.04. The van der Waals surface area contributed by atoms with Gasteiger partial charge in [-0.3, -0.25) is 4.90 Å². The average Bonchev–Trinajstić information content (AvgIpc) is 2.03. The normalized spacial score (nSPS) is 27.5. The highest BCUT2D eigenvalue weighted by Gasteiger charge is 2.29. The van der Waals surface area contributed by atoms with Gasteiger partial charge in [0.1, 0.15) is 0 Å². The average molecular weight is 170 g/mol. The van der Waals surface area contributed by atoms with E-state index in [-0.39, 0.29) is 0 Å². The van der Waals surface area contributed by atoms with Crippen molar-refractivity contribution in [2.45, 2.75) is 51.6 Å². The molecule has 1 aliphatic rings. The van der Waals surface area contributed by atoms with Crippen LogP contribution in [0.1, 0.15) is 40.0 Å². The molecular formula is C10H22N2. The van der Waals surface area contributed by atoms with Gasteiger partial charge >= 0.3 is 0 Å². The smallest absolute Gasteiger partial charge is 0.0223 e. The molecule has 0 aromatic carbocycles. The van der Waals surface area contributed by atoms with Crippen molar-refractivity contribution in [2.24, 2.45) is 5.73 Å². The van der Waals surface area contributed by atoms with E-state index in [0.717, 1.165) is 6.54 Å². The van der Waals surface area contributed by atoms with Crippen molar-refractivity contribution < 1.29 is 0 Å². The molecule has 0 aromatic rings. The van der Waals surface area contributed by atoms with E-state index in [9.17, 15) is 0 Å². The Kier molecular flexibility index (Phi) is 3.13. The quantitative estimate of drug-likeness (QED) is 0.647. The molecule has 1 atom stereocenters. The van der Waals surface area contributed by atoms with Gasteiger partial charge in [0.15, 0.2) is 0 Å². The van der Waals surface area contributed by atoms with Crippen LogP contribution in [0.25, 0.3) is 0 Å². The van der Waals surface area contributed by atoms with Crippen LogP contribution in [0.2, 0.25) is 0 Å². The molecule has 0 saturated carbocycles. The van der Waals surface area contributed by atoms with Crippen LogP contribution in [0, 0.1) is 0 Å². The van der Waals surface area contributed by atoms with E-state index in [1.165, 1.54) is 25.8 Å². The lowest BCUT2D eigenvalue weighted by molar-refractivity contribution is 0.0559. The zero-order chi connectivity index (χ0) is 9.19. The van der Waals surface area contributed by atoms with Crippen LogP contribution in [0.3, 0.4) is 0 Å². The number of hydrogen-bond donors (Lipinski definition) is 1. The van der Waals surface area contributed by atoms with Gasteiger partial charge in [-0.2, -0.15) is 0 Å². The minimum absolute atomic E-state index is 0.296. The van der Waals surface area contributed by atoms with E-state index >= 15 is 0 Å². The molecule has 2 N–H and O–H groups in total. The van der Waals surface area contributed by atoms with Crippen molar-refractivity contribution in [1.29, 1.82) is 0 Å². The van der Waals surface area contributed by atoms with Gasteiger partial charge in [-0.1, -0.05) is 6.42 Å². The lowest BCUT2D eigenvalue weighted by Crippen LogP contribution is -2.53. The Bertz CT molecular complexity index is 137. The fraction of sp³-hybridized carbons (Fsp3) is 1.00. The van der Waals surface area contributed by atoms with Gasteiger partial charge in [0.25, 0.3) is 0 Å². The van der Waals surface area contributed by atoms with Gasteiger partial charge in [0, 0.05) is 18.1 Å². The van der Waals surface area contributed by atoms with Crippen molar-refractivity contribution >= 4 is 0 Å². The first-order valence-electron chi connectivity index (χ1n) is 5.02. The molecule has 0 amide bonds. The predicted octanol–water partition coefficient (Wildman–Crippen LogP) is 1.60. The monoisotopic (exact) mass is 170 g/mol. The summed E-state index contributed by atoms with van der Waals surface area (Å²) in [5.74, 6) is 0. The minimum atomic E-state index is 0.296. The summed E-state index contributed by atoms with van der Waals surface area (Å²) >= 11 is 0. The molecule has 0 radical (unpaired) electrons. The molecule has 12 heavy (non-hydrogen) atoms. The Morgan fingerprint density at radius 1 is 1.33 bits per heavy atom. The fourth-order valence-corrected chi connectivity index (χ4v) is 2.13. The molecule has 72 valence electrons. The SMILES string of the molecule is CC(C)(C)N1CCCCC1CN. The third-order valence-corrected chi connectivity index (χ3v) is 2.76. The van der Waals surface area contributed by atoms with Crippen LogP contribution in [0.5, 0.6) is 0 Å². The van der Waals surface area contributed by atoms with Crippen LogP contribution >= 0.6 is 0 Å². The topological polar surface area (TPSA) is 29.3 Å².